The van der Waals surface area contributed by atoms with Crippen LogP contribution in [0.4, 0.5) is 5.69 Å². The summed E-state index contributed by atoms with van der Waals surface area (Å²) in [5.41, 5.74) is 4.63. The number of nitrogens with zero attached hydrogens (tertiary/aromatic N) is 7. The predicted octanol–water partition coefficient (Wildman–Crippen LogP) is 4.35. The summed E-state index contributed by atoms with van der Waals surface area (Å²) in [4.78, 5) is 33.5. The van der Waals surface area contributed by atoms with Gasteiger partial charge < -0.3 is 4.90 Å². The second-order valence-corrected chi connectivity index (χ2v) is 11.0. The third-order valence-corrected chi connectivity index (χ3v) is 8.50. The van der Waals surface area contributed by atoms with Gasteiger partial charge in [0, 0.05) is 44.3 Å². The zero-order valence-electron chi connectivity index (χ0n) is 22.5. The normalized spacial score (nSPS) is 19.4. The summed E-state index contributed by atoms with van der Waals surface area (Å²) in [6.45, 7) is 12.3. The van der Waals surface area contributed by atoms with E-state index in [1.165, 1.54) is 0 Å². The number of aromatic nitrogens is 5. The van der Waals surface area contributed by atoms with E-state index in [0.29, 0.717) is 12.5 Å². The average molecular weight is 518 g/mol. The molecule has 0 spiro atoms. The largest absolute Gasteiger partial charge is 0.362 e. The number of hydrogen-bond acceptors (Lipinski definition) is 7. The van der Waals surface area contributed by atoms with Crippen molar-refractivity contribution in [3.63, 3.8) is 0 Å². The fourth-order valence-corrected chi connectivity index (χ4v) is 6.27. The summed E-state index contributed by atoms with van der Waals surface area (Å²) in [6, 6.07) is 6.74. The minimum Gasteiger partial charge on any atom is -0.362 e. The molecule has 0 bridgehead atoms. The van der Waals surface area contributed by atoms with Crippen molar-refractivity contribution in [1.82, 2.24) is 29.0 Å². The van der Waals surface area contributed by atoms with E-state index in [1.54, 1.807) is 29.1 Å². The number of hydrogen-bond donors (Lipinski definition) is 0. The second kappa shape index (κ2) is 10.3. The van der Waals surface area contributed by atoms with Crippen LogP contribution < -0.4 is 10.5 Å². The molecule has 4 aromatic rings. The molecule has 37 heavy (non-hydrogen) atoms. The van der Waals surface area contributed by atoms with Crippen molar-refractivity contribution in [1.29, 1.82) is 0 Å². The number of pyridine rings is 1. The number of thiazole rings is 1. The highest BCUT2D eigenvalue weighted by Crippen LogP contribution is 2.33. The second-order valence-electron chi connectivity index (χ2n) is 9.84. The van der Waals surface area contributed by atoms with Gasteiger partial charge in [0.15, 0.2) is 5.65 Å². The van der Waals surface area contributed by atoms with Gasteiger partial charge in [-0.2, -0.15) is 0 Å². The van der Waals surface area contributed by atoms with Crippen LogP contribution in [0.2, 0.25) is 0 Å². The summed E-state index contributed by atoms with van der Waals surface area (Å²) >= 11 is 1.65. The molecule has 9 heteroatoms. The molecule has 0 saturated carbocycles. The van der Waals surface area contributed by atoms with Crippen LogP contribution in [0, 0.1) is 18.8 Å². The Morgan fingerprint density at radius 2 is 1.92 bits per heavy atom. The van der Waals surface area contributed by atoms with Gasteiger partial charge in [-0.3, -0.25) is 9.69 Å². The van der Waals surface area contributed by atoms with Crippen LogP contribution in [-0.4, -0.2) is 54.2 Å². The number of aryl methyl sites for hydroxylation is 2. The molecule has 194 valence electrons. The predicted molar refractivity (Wildman–Crippen MR) is 150 cm³/mol. The number of fused-ring (bicyclic) bond motifs is 2. The Labute approximate surface area is 221 Å². The Bertz CT molecular complexity index is 1560. The summed E-state index contributed by atoms with van der Waals surface area (Å²) in [6.07, 6.45) is 4.48. The zero-order chi connectivity index (χ0) is 26.3. The van der Waals surface area contributed by atoms with Gasteiger partial charge >= 0.3 is 0 Å². The number of anilines is 1. The summed E-state index contributed by atoms with van der Waals surface area (Å²) in [5.74, 6) is 6.04. The quantitative estimate of drug-likeness (QED) is 0.354. The first-order valence-electron chi connectivity index (χ1n) is 13.1. The topological polar surface area (TPSA) is 71.6 Å². The summed E-state index contributed by atoms with van der Waals surface area (Å²) < 4.78 is 3.50. The van der Waals surface area contributed by atoms with Crippen molar-refractivity contribution >= 4 is 33.0 Å². The lowest BCUT2D eigenvalue weighted by molar-refractivity contribution is 0.0993. The van der Waals surface area contributed by atoms with Crippen LogP contribution in [-0.2, 0) is 13.5 Å². The molecule has 0 amide bonds. The van der Waals surface area contributed by atoms with Crippen molar-refractivity contribution in [3.8, 4) is 11.8 Å². The van der Waals surface area contributed by atoms with Crippen molar-refractivity contribution in [2.24, 2.45) is 7.05 Å². The maximum absolute atomic E-state index is 13.0. The molecule has 1 aliphatic rings. The van der Waals surface area contributed by atoms with Gasteiger partial charge in [-0.15, -0.1) is 5.92 Å². The molecule has 1 fully saturated rings. The van der Waals surface area contributed by atoms with Gasteiger partial charge in [-0.1, -0.05) is 31.1 Å². The van der Waals surface area contributed by atoms with Gasteiger partial charge in [-0.05, 0) is 45.7 Å². The van der Waals surface area contributed by atoms with Gasteiger partial charge in [0.25, 0.3) is 5.56 Å². The molecule has 0 radical (unpaired) electrons. The minimum atomic E-state index is -0.0379. The number of imidazole rings is 1. The fraction of sp³-hybridized carbons (Fsp3) is 0.500. The number of rotatable bonds is 6. The van der Waals surface area contributed by atoms with E-state index in [4.69, 9.17) is 9.97 Å². The maximum Gasteiger partial charge on any atom is 0.267 e. The van der Waals surface area contributed by atoms with Crippen LogP contribution in [0.1, 0.15) is 63.0 Å². The van der Waals surface area contributed by atoms with Crippen molar-refractivity contribution in [3.05, 3.63) is 51.1 Å². The van der Waals surface area contributed by atoms with Gasteiger partial charge in [0.1, 0.15) is 10.3 Å². The smallest absolute Gasteiger partial charge is 0.267 e. The Morgan fingerprint density at radius 3 is 2.65 bits per heavy atom. The highest BCUT2D eigenvalue weighted by Gasteiger charge is 2.36. The van der Waals surface area contributed by atoms with Gasteiger partial charge in [0.2, 0.25) is 0 Å². The van der Waals surface area contributed by atoms with E-state index in [2.05, 4.69) is 59.5 Å². The maximum atomic E-state index is 13.0. The van der Waals surface area contributed by atoms with E-state index in [1.807, 2.05) is 24.6 Å². The fourth-order valence-electron chi connectivity index (χ4n) is 5.48. The molecular weight excluding hydrogens is 482 g/mol. The van der Waals surface area contributed by atoms with Gasteiger partial charge in [0.05, 0.1) is 34.7 Å². The molecule has 5 heterocycles. The lowest BCUT2D eigenvalue weighted by atomic mass is 9.98. The SMILES string of the molecule is CC#CCc1cn2c(n1)c(N1C[C@@H](CC)N(C(C)c3ccc4nc(C)sc4n3)C[C@@H]1CC)cc(=O)n2C. The molecule has 5 rings (SSSR count). The van der Waals surface area contributed by atoms with Gasteiger partial charge in [-0.25, -0.2) is 24.1 Å². The van der Waals surface area contributed by atoms with E-state index in [0.717, 1.165) is 64.0 Å². The first kappa shape index (κ1) is 25.4. The van der Waals surface area contributed by atoms with E-state index >= 15 is 0 Å². The van der Waals surface area contributed by atoms with Crippen molar-refractivity contribution in [2.45, 2.75) is 72.0 Å². The molecule has 8 nitrogen and oxygen atoms in total. The molecule has 0 N–H and O–H groups in total. The Hall–Kier alpha value is -3.22. The van der Waals surface area contributed by atoms with Crippen LogP contribution in [0.25, 0.3) is 16.0 Å². The first-order chi connectivity index (χ1) is 17.8. The average Bonchev–Trinajstić information content (AvgIpc) is 3.50. The first-order valence-corrected chi connectivity index (χ1v) is 13.9. The third kappa shape index (κ3) is 4.64. The van der Waals surface area contributed by atoms with E-state index in [-0.39, 0.29) is 17.6 Å². The van der Waals surface area contributed by atoms with E-state index < -0.39 is 0 Å². The van der Waals surface area contributed by atoms with Crippen molar-refractivity contribution < 1.29 is 0 Å². The third-order valence-electron chi connectivity index (χ3n) is 7.62. The summed E-state index contributed by atoms with van der Waals surface area (Å²) in [7, 11) is 1.79. The highest BCUT2D eigenvalue weighted by atomic mass is 32.1. The van der Waals surface area contributed by atoms with Crippen molar-refractivity contribution in [2.75, 3.05) is 18.0 Å². The Balaban J connectivity index is 1.50. The number of piperazine rings is 1. The Kier molecular flexibility index (Phi) is 7.06. The van der Waals surface area contributed by atoms with Crippen LogP contribution in [0.3, 0.4) is 0 Å². The lowest BCUT2D eigenvalue weighted by Gasteiger charge is -2.49. The van der Waals surface area contributed by atoms with Crippen LogP contribution >= 0.6 is 11.3 Å². The summed E-state index contributed by atoms with van der Waals surface area (Å²) in [5, 5.41) is 1.04. The molecule has 1 saturated heterocycles. The molecule has 1 aliphatic heterocycles. The van der Waals surface area contributed by atoms with Crippen LogP contribution in [0.15, 0.2) is 29.2 Å². The molecule has 4 aromatic heterocycles. The molecule has 3 atom stereocenters. The Morgan fingerprint density at radius 1 is 1.14 bits per heavy atom. The zero-order valence-corrected chi connectivity index (χ0v) is 23.3. The monoisotopic (exact) mass is 517 g/mol. The molecular formula is C28H35N7OS. The lowest BCUT2D eigenvalue weighted by Crippen LogP contribution is -2.59. The standard InChI is InChI=1S/C28H35N7OS/c1-7-10-11-20-15-35-27(30-20)25(14-26(36)32(35)6)34-17-21(8-2)33(16-22(34)9-3)18(4)23-12-13-24-28(31-23)37-19(5)29-24/h12-15,18,21-22H,8-9,11,16-17H2,1-6H3/t18?,21-,22+/m1/s1. The molecule has 0 aromatic carbocycles. The highest BCUT2D eigenvalue weighted by molar-refractivity contribution is 7.18. The molecule has 0 aliphatic carbocycles. The minimum absolute atomic E-state index is 0.0379. The molecule has 1 unspecified atom stereocenters. The van der Waals surface area contributed by atoms with E-state index in [9.17, 15) is 4.79 Å². The van der Waals surface area contributed by atoms with Crippen LogP contribution in [0.5, 0.6) is 0 Å².